The largest absolute Gasteiger partial charge is 0.338 e. The number of hydrogen-bond acceptors (Lipinski definition) is 4. The zero-order valence-corrected chi connectivity index (χ0v) is 14.3. The highest BCUT2D eigenvalue weighted by Crippen LogP contribution is 2.11. The van der Waals surface area contributed by atoms with Gasteiger partial charge in [0.15, 0.2) is 9.84 Å². The molecule has 0 aliphatic heterocycles. The zero-order valence-electron chi connectivity index (χ0n) is 13.5. The number of hydrogen-bond donors (Lipinski definition) is 2. The predicted octanol–water partition coefficient (Wildman–Crippen LogP) is 2.31. The van der Waals surface area contributed by atoms with E-state index < -0.39 is 9.84 Å². The third kappa shape index (κ3) is 5.34. The molecule has 0 bridgehead atoms. The number of pyridine rings is 1. The molecule has 1 unspecified atom stereocenters. The lowest BCUT2D eigenvalue weighted by Gasteiger charge is -2.14. The highest BCUT2D eigenvalue weighted by atomic mass is 32.2. The van der Waals surface area contributed by atoms with Crippen LogP contribution in [0.4, 0.5) is 4.79 Å². The minimum Gasteiger partial charge on any atom is -0.338 e. The summed E-state index contributed by atoms with van der Waals surface area (Å²) in [6.07, 6.45) is 2.02. The topological polar surface area (TPSA) is 88.2 Å². The van der Waals surface area contributed by atoms with Gasteiger partial charge in [0.05, 0.1) is 22.4 Å². The Bertz CT molecular complexity index is 749. The van der Waals surface area contributed by atoms with Gasteiger partial charge in [0, 0.05) is 12.7 Å². The van der Waals surface area contributed by atoms with E-state index in [9.17, 15) is 13.2 Å². The number of nitrogens with zero attached hydrogens (tertiary/aromatic N) is 1. The van der Waals surface area contributed by atoms with Crippen LogP contribution in [0.15, 0.2) is 59.6 Å². The molecule has 24 heavy (non-hydrogen) atoms. The van der Waals surface area contributed by atoms with Crippen molar-refractivity contribution in [3.05, 3.63) is 60.4 Å². The first kappa shape index (κ1) is 17.9. The molecule has 2 rings (SSSR count). The molecule has 1 aromatic carbocycles. The third-order valence-electron chi connectivity index (χ3n) is 3.46. The monoisotopic (exact) mass is 347 g/mol. The van der Waals surface area contributed by atoms with Gasteiger partial charge >= 0.3 is 6.03 Å². The Kier molecular flexibility index (Phi) is 6.31. The van der Waals surface area contributed by atoms with Gasteiger partial charge in [-0.15, -0.1) is 0 Å². The maximum atomic E-state index is 12.1. The Labute approximate surface area is 142 Å². The normalized spacial score (nSPS) is 12.4. The number of sulfone groups is 1. The molecule has 6 nitrogen and oxygen atoms in total. The predicted molar refractivity (Wildman–Crippen MR) is 92.3 cm³/mol. The van der Waals surface area contributed by atoms with Crippen LogP contribution in [0.3, 0.4) is 0 Å². The minimum atomic E-state index is -3.31. The first-order chi connectivity index (χ1) is 11.5. The molecule has 0 aliphatic carbocycles. The van der Waals surface area contributed by atoms with Gasteiger partial charge in [-0.2, -0.15) is 0 Å². The van der Waals surface area contributed by atoms with Gasteiger partial charge in [0.25, 0.3) is 0 Å². The molecular weight excluding hydrogens is 326 g/mol. The second-order valence-electron chi connectivity index (χ2n) is 5.36. The molecule has 0 saturated heterocycles. The van der Waals surface area contributed by atoms with E-state index in [4.69, 9.17) is 0 Å². The lowest BCUT2D eigenvalue weighted by Crippen LogP contribution is -2.38. The summed E-state index contributed by atoms with van der Waals surface area (Å²) in [6, 6.07) is 13.2. The Hall–Kier alpha value is -2.41. The van der Waals surface area contributed by atoms with Crippen molar-refractivity contribution < 1.29 is 13.2 Å². The van der Waals surface area contributed by atoms with E-state index in [-0.39, 0.29) is 24.4 Å². The fourth-order valence-electron chi connectivity index (χ4n) is 2.16. The van der Waals surface area contributed by atoms with Crippen molar-refractivity contribution in [2.75, 3.05) is 12.3 Å². The van der Waals surface area contributed by atoms with E-state index in [1.807, 2.05) is 25.1 Å². The average Bonchev–Trinajstić information content (AvgIpc) is 2.60. The summed E-state index contributed by atoms with van der Waals surface area (Å²) in [7, 11) is -3.31. The van der Waals surface area contributed by atoms with Crippen LogP contribution in [-0.2, 0) is 9.84 Å². The first-order valence-electron chi connectivity index (χ1n) is 7.72. The molecule has 1 atom stereocenters. The van der Waals surface area contributed by atoms with Gasteiger partial charge in [0.1, 0.15) is 0 Å². The van der Waals surface area contributed by atoms with Crippen LogP contribution in [0, 0.1) is 0 Å². The van der Waals surface area contributed by atoms with Crippen LogP contribution < -0.4 is 10.6 Å². The zero-order chi connectivity index (χ0) is 17.4. The third-order valence-corrected chi connectivity index (χ3v) is 5.27. The van der Waals surface area contributed by atoms with E-state index in [0.717, 1.165) is 5.69 Å². The Morgan fingerprint density at radius 1 is 1.12 bits per heavy atom. The smallest absolute Gasteiger partial charge is 0.315 e. The first-order valence-corrected chi connectivity index (χ1v) is 9.37. The van der Waals surface area contributed by atoms with Crippen LogP contribution in [0.2, 0.25) is 0 Å². The number of carbonyl (C=O) groups excluding carboxylic acids is 1. The van der Waals surface area contributed by atoms with Crippen molar-refractivity contribution in [3.63, 3.8) is 0 Å². The number of aromatic nitrogens is 1. The van der Waals surface area contributed by atoms with Gasteiger partial charge in [-0.25, -0.2) is 13.2 Å². The summed E-state index contributed by atoms with van der Waals surface area (Å²) in [6.45, 7) is 2.12. The lowest BCUT2D eigenvalue weighted by atomic mass is 10.2. The summed E-state index contributed by atoms with van der Waals surface area (Å²) in [5, 5.41) is 5.43. The van der Waals surface area contributed by atoms with Gasteiger partial charge in [0.2, 0.25) is 0 Å². The number of carbonyl (C=O) groups is 1. The van der Waals surface area contributed by atoms with Crippen LogP contribution >= 0.6 is 0 Å². The molecule has 0 radical (unpaired) electrons. The molecule has 0 spiro atoms. The quantitative estimate of drug-likeness (QED) is 0.752. The molecule has 7 heteroatoms. The van der Waals surface area contributed by atoms with Crippen molar-refractivity contribution in [2.45, 2.75) is 24.3 Å². The fourth-order valence-corrected chi connectivity index (χ4v) is 3.50. The molecule has 0 fully saturated rings. The van der Waals surface area contributed by atoms with E-state index in [0.29, 0.717) is 11.3 Å². The number of benzene rings is 1. The molecular formula is C17H21N3O3S. The Morgan fingerprint density at radius 3 is 2.50 bits per heavy atom. The van der Waals surface area contributed by atoms with Crippen LogP contribution in [0.1, 0.15) is 25.1 Å². The van der Waals surface area contributed by atoms with Crippen molar-refractivity contribution >= 4 is 15.9 Å². The summed E-state index contributed by atoms with van der Waals surface area (Å²) in [4.78, 5) is 16.3. The van der Waals surface area contributed by atoms with E-state index in [1.54, 1.807) is 36.5 Å². The Balaban J connectivity index is 1.73. The lowest BCUT2D eigenvalue weighted by molar-refractivity contribution is 0.237. The summed E-state index contributed by atoms with van der Waals surface area (Å²) < 4.78 is 24.2. The summed E-state index contributed by atoms with van der Waals surface area (Å²) in [5.74, 6) is -0.00686. The summed E-state index contributed by atoms with van der Waals surface area (Å²) >= 11 is 0. The van der Waals surface area contributed by atoms with Crippen molar-refractivity contribution in [2.24, 2.45) is 0 Å². The fraction of sp³-hybridized carbons (Fsp3) is 0.294. The minimum absolute atomic E-state index is 0.00686. The maximum absolute atomic E-state index is 12.1. The standard InChI is InChI=1S/C17H21N3O3S/c1-14(16-10-5-6-11-18-16)20-17(21)19-12-7-13-24(22,23)15-8-3-2-4-9-15/h2-6,8-11,14H,7,12-13H2,1H3,(H2,19,20,21). The van der Waals surface area contributed by atoms with Crippen LogP contribution in [0.5, 0.6) is 0 Å². The molecule has 1 aromatic heterocycles. The van der Waals surface area contributed by atoms with E-state index >= 15 is 0 Å². The molecule has 2 amide bonds. The van der Waals surface area contributed by atoms with Crippen LogP contribution in [0.25, 0.3) is 0 Å². The highest BCUT2D eigenvalue weighted by molar-refractivity contribution is 7.91. The second-order valence-corrected chi connectivity index (χ2v) is 7.47. The van der Waals surface area contributed by atoms with Gasteiger partial charge in [-0.05, 0) is 37.6 Å². The van der Waals surface area contributed by atoms with Crippen LogP contribution in [-0.4, -0.2) is 31.7 Å². The summed E-state index contributed by atoms with van der Waals surface area (Å²) in [5.41, 5.74) is 0.763. The van der Waals surface area contributed by atoms with E-state index in [2.05, 4.69) is 15.6 Å². The SMILES string of the molecule is CC(NC(=O)NCCCS(=O)(=O)c1ccccc1)c1ccccn1. The molecule has 1 heterocycles. The number of nitrogens with one attached hydrogen (secondary N) is 2. The maximum Gasteiger partial charge on any atom is 0.315 e. The van der Waals surface area contributed by atoms with E-state index in [1.165, 1.54) is 0 Å². The number of amides is 2. The molecule has 128 valence electrons. The van der Waals surface area contributed by atoms with Crippen molar-refractivity contribution in [1.29, 1.82) is 0 Å². The molecule has 0 saturated carbocycles. The van der Waals surface area contributed by atoms with Gasteiger partial charge < -0.3 is 10.6 Å². The van der Waals surface area contributed by atoms with Gasteiger partial charge in [-0.3, -0.25) is 4.98 Å². The molecule has 2 aromatic rings. The van der Waals surface area contributed by atoms with Crippen molar-refractivity contribution in [1.82, 2.24) is 15.6 Å². The number of urea groups is 1. The van der Waals surface area contributed by atoms with Gasteiger partial charge in [-0.1, -0.05) is 24.3 Å². The average molecular weight is 347 g/mol. The second kappa shape index (κ2) is 8.44. The molecule has 0 aliphatic rings. The Morgan fingerprint density at radius 2 is 1.83 bits per heavy atom. The van der Waals surface area contributed by atoms with Crippen molar-refractivity contribution in [3.8, 4) is 0 Å². The molecule has 2 N–H and O–H groups in total. The highest BCUT2D eigenvalue weighted by Gasteiger charge is 2.14. The number of rotatable bonds is 7.